The summed E-state index contributed by atoms with van der Waals surface area (Å²) in [6.45, 7) is 4.48. The van der Waals surface area contributed by atoms with E-state index >= 15 is 0 Å². The van der Waals surface area contributed by atoms with Gasteiger partial charge in [0.05, 0.1) is 0 Å². The molecule has 0 aliphatic heterocycles. The van der Waals surface area contributed by atoms with E-state index in [0.717, 1.165) is 5.75 Å². The number of benzene rings is 2. The standard InChI is InChI=1S/C23H28Cl2N2O2S/c1-3-21(23(29)26-4-2)27(15-18-19(24)11-8-12-20(18)25)22(28)13-14-30-16-17-9-6-5-7-10-17/h5-12,21H,3-4,13-16H2,1-2H3,(H,26,29). The molecule has 2 aromatic carbocycles. The highest BCUT2D eigenvalue weighted by Gasteiger charge is 2.29. The summed E-state index contributed by atoms with van der Waals surface area (Å²) in [4.78, 5) is 27.4. The number of carbonyl (C=O) groups excluding carboxylic acids is 2. The van der Waals surface area contributed by atoms with Gasteiger partial charge in [-0.25, -0.2) is 0 Å². The third kappa shape index (κ3) is 7.22. The Morgan fingerprint density at radius 3 is 2.30 bits per heavy atom. The van der Waals surface area contributed by atoms with Crippen LogP contribution in [-0.2, 0) is 21.9 Å². The molecule has 7 heteroatoms. The number of thioether (sulfide) groups is 1. The number of amides is 2. The van der Waals surface area contributed by atoms with E-state index in [0.29, 0.717) is 40.7 Å². The molecule has 0 aliphatic rings. The van der Waals surface area contributed by atoms with Crippen molar-refractivity contribution < 1.29 is 9.59 Å². The number of carbonyl (C=O) groups is 2. The van der Waals surface area contributed by atoms with Crippen molar-refractivity contribution in [1.29, 1.82) is 0 Å². The maximum atomic E-state index is 13.1. The number of likely N-dealkylation sites (N-methyl/N-ethyl adjacent to an activating group) is 1. The Morgan fingerprint density at radius 1 is 1.03 bits per heavy atom. The van der Waals surface area contributed by atoms with E-state index in [9.17, 15) is 9.59 Å². The SMILES string of the molecule is CCNC(=O)C(CC)N(Cc1c(Cl)cccc1Cl)C(=O)CCSCc1ccccc1. The molecule has 0 saturated carbocycles. The molecule has 0 fully saturated rings. The Labute approximate surface area is 193 Å². The fourth-order valence-corrected chi connectivity index (χ4v) is 4.54. The Bertz CT molecular complexity index is 813. The van der Waals surface area contributed by atoms with E-state index in [2.05, 4.69) is 17.4 Å². The Kier molecular flexibility index (Phi) is 10.6. The van der Waals surface area contributed by atoms with Crippen LogP contribution in [0.5, 0.6) is 0 Å². The summed E-state index contributed by atoms with van der Waals surface area (Å²) >= 11 is 14.4. The van der Waals surface area contributed by atoms with E-state index < -0.39 is 6.04 Å². The summed E-state index contributed by atoms with van der Waals surface area (Å²) < 4.78 is 0. The van der Waals surface area contributed by atoms with Gasteiger partial charge in [-0.05, 0) is 31.0 Å². The van der Waals surface area contributed by atoms with Gasteiger partial charge in [-0.3, -0.25) is 9.59 Å². The van der Waals surface area contributed by atoms with Gasteiger partial charge in [0.25, 0.3) is 0 Å². The molecule has 1 N–H and O–H groups in total. The van der Waals surface area contributed by atoms with Crippen molar-refractivity contribution in [2.24, 2.45) is 0 Å². The summed E-state index contributed by atoms with van der Waals surface area (Å²) in [7, 11) is 0. The lowest BCUT2D eigenvalue weighted by atomic mass is 10.1. The highest BCUT2D eigenvalue weighted by molar-refractivity contribution is 7.98. The van der Waals surface area contributed by atoms with Crippen LogP contribution in [0.3, 0.4) is 0 Å². The van der Waals surface area contributed by atoms with Gasteiger partial charge in [-0.1, -0.05) is 66.5 Å². The Morgan fingerprint density at radius 2 is 1.70 bits per heavy atom. The summed E-state index contributed by atoms with van der Waals surface area (Å²) in [5.74, 6) is 1.28. The maximum absolute atomic E-state index is 13.1. The van der Waals surface area contributed by atoms with Gasteiger partial charge in [0.15, 0.2) is 0 Å². The predicted molar refractivity (Wildman–Crippen MR) is 127 cm³/mol. The highest BCUT2D eigenvalue weighted by Crippen LogP contribution is 2.27. The topological polar surface area (TPSA) is 49.4 Å². The zero-order chi connectivity index (χ0) is 21.9. The minimum absolute atomic E-state index is 0.0790. The molecule has 0 radical (unpaired) electrons. The number of nitrogens with zero attached hydrogens (tertiary/aromatic N) is 1. The molecule has 0 spiro atoms. The van der Waals surface area contributed by atoms with E-state index in [1.165, 1.54) is 5.56 Å². The van der Waals surface area contributed by atoms with Crippen molar-refractivity contribution in [3.8, 4) is 0 Å². The van der Waals surface area contributed by atoms with Crippen LogP contribution in [0.4, 0.5) is 0 Å². The third-order valence-electron chi connectivity index (χ3n) is 4.70. The van der Waals surface area contributed by atoms with Gasteiger partial charge in [0.1, 0.15) is 6.04 Å². The van der Waals surface area contributed by atoms with Crippen LogP contribution >= 0.6 is 35.0 Å². The van der Waals surface area contributed by atoms with Crippen LogP contribution in [0.15, 0.2) is 48.5 Å². The van der Waals surface area contributed by atoms with Crippen molar-refractivity contribution >= 4 is 46.8 Å². The summed E-state index contributed by atoms with van der Waals surface area (Å²) in [5, 5.41) is 3.81. The zero-order valence-corrected chi connectivity index (χ0v) is 19.7. The van der Waals surface area contributed by atoms with E-state index in [4.69, 9.17) is 23.2 Å². The number of hydrogen-bond acceptors (Lipinski definition) is 3. The largest absolute Gasteiger partial charge is 0.355 e. The van der Waals surface area contributed by atoms with Crippen molar-refractivity contribution in [3.05, 3.63) is 69.7 Å². The maximum Gasteiger partial charge on any atom is 0.242 e. The van der Waals surface area contributed by atoms with Crippen LogP contribution < -0.4 is 5.32 Å². The number of halogens is 2. The Balaban J connectivity index is 2.10. The zero-order valence-electron chi connectivity index (χ0n) is 17.4. The van der Waals surface area contributed by atoms with Gasteiger partial charge < -0.3 is 10.2 Å². The van der Waals surface area contributed by atoms with Crippen LogP contribution in [0, 0.1) is 0 Å². The molecule has 0 aliphatic carbocycles. The number of nitrogens with one attached hydrogen (secondary N) is 1. The van der Waals surface area contributed by atoms with Gasteiger partial charge >= 0.3 is 0 Å². The normalized spacial score (nSPS) is 11.7. The summed E-state index contributed by atoms with van der Waals surface area (Å²) in [5.41, 5.74) is 1.89. The first-order valence-electron chi connectivity index (χ1n) is 10.1. The smallest absolute Gasteiger partial charge is 0.242 e. The quantitative estimate of drug-likeness (QED) is 0.440. The molecular formula is C23H28Cl2N2O2S. The number of hydrogen-bond donors (Lipinski definition) is 1. The van der Waals surface area contributed by atoms with Gasteiger partial charge in [-0.2, -0.15) is 11.8 Å². The van der Waals surface area contributed by atoms with Crippen LogP contribution in [-0.4, -0.2) is 35.1 Å². The first-order chi connectivity index (χ1) is 14.5. The minimum Gasteiger partial charge on any atom is -0.355 e. The molecular weight excluding hydrogens is 439 g/mol. The van der Waals surface area contributed by atoms with Crippen LogP contribution in [0.1, 0.15) is 37.8 Å². The van der Waals surface area contributed by atoms with Crippen molar-refractivity contribution in [2.45, 2.75) is 45.0 Å². The molecule has 4 nitrogen and oxygen atoms in total. The summed E-state index contributed by atoms with van der Waals surface area (Å²) in [6, 6.07) is 14.8. The molecule has 0 bridgehead atoms. The molecule has 0 saturated heterocycles. The molecule has 30 heavy (non-hydrogen) atoms. The Hall–Kier alpha value is -1.69. The second kappa shape index (κ2) is 12.9. The van der Waals surface area contributed by atoms with Gasteiger partial charge in [0.2, 0.25) is 11.8 Å². The molecule has 2 rings (SSSR count). The summed E-state index contributed by atoms with van der Waals surface area (Å²) in [6.07, 6.45) is 0.853. The fourth-order valence-electron chi connectivity index (χ4n) is 3.13. The van der Waals surface area contributed by atoms with E-state index in [1.54, 1.807) is 34.9 Å². The lowest BCUT2D eigenvalue weighted by Crippen LogP contribution is -2.49. The molecule has 2 aromatic rings. The van der Waals surface area contributed by atoms with Crippen LogP contribution in [0.25, 0.3) is 0 Å². The van der Waals surface area contributed by atoms with Crippen LogP contribution in [0.2, 0.25) is 10.0 Å². The van der Waals surface area contributed by atoms with Crippen molar-refractivity contribution in [2.75, 3.05) is 12.3 Å². The third-order valence-corrected chi connectivity index (χ3v) is 6.44. The van der Waals surface area contributed by atoms with Gasteiger partial charge in [-0.15, -0.1) is 0 Å². The monoisotopic (exact) mass is 466 g/mol. The average Bonchev–Trinajstić information content (AvgIpc) is 2.74. The lowest BCUT2D eigenvalue weighted by molar-refractivity contribution is -0.141. The fraction of sp³-hybridized carbons (Fsp3) is 0.391. The van der Waals surface area contributed by atoms with E-state index in [1.807, 2.05) is 32.0 Å². The van der Waals surface area contributed by atoms with E-state index in [-0.39, 0.29) is 18.4 Å². The minimum atomic E-state index is -0.566. The highest BCUT2D eigenvalue weighted by atomic mass is 35.5. The van der Waals surface area contributed by atoms with Gasteiger partial charge in [0, 0.05) is 46.6 Å². The number of rotatable bonds is 11. The molecule has 1 atom stereocenters. The second-order valence-corrected chi connectivity index (χ2v) is 8.75. The molecule has 0 heterocycles. The molecule has 162 valence electrons. The molecule has 0 aromatic heterocycles. The first kappa shape index (κ1) is 24.6. The van der Waals surface area contributed by atoms with Crippen molar-refractivity contribution in [1.82, 2.24) is 10.2 Å². The average molecular weight is 467 g/mol. The molecule has 1 unspecified atom stereocenters. The predicted octanol–water partition coefficient (Wildman–Crippen LogP) is 5.56. The molecule has 2 amide bonds. The van der Waals surface area contributed by atoms with Crippen molar-refractivity contribution in [3.63, 3.8) is 0 Å². The second-order valence-electron chi connectivity index (χ2n) is 6.83. The lowest BCUT2D eigenvalue weighted by Gasteiger charge is -2.31. The first-order valence-corrected chi connectivity index (χ1v) is 12.0.